The summed E-state index contributed by atoms with van der Waals surface area (Å²) in [5.74, 6) is -0.114. The molecule has 2 heterocycles. The highest BCUT2D eigenvalue weighted by molar-refractivity contribution is 5.43. The molecule has 1 aliphatic heterocycles. The first kappa shape index (κ1) is 12.8. The predicted molar refractivity (Wildman–Crippen MR) is 69.7 cm³/mol. The maximum atomic E-state index is 10.5. The third-order valence-corrected chi connectivity index (χ3v) is 3.38. The van der Waals surface area contributed by atoms with Crippen LogP contribution in [0.15, 0.2) is 18.3 Å². The van der Waals surface area contributed by atoms with E-state index in [-0.39, 0.29) is 5.82 Å². The standard InChI is InChI=1S/C12H18N4O2/c1-2-15-7-3-4-11(15)9-13-10-5-6-12(14-8-10)16(17)18/h5-6,8,11,13H,2-4,7,9H2,1H3/t11-/m1/s1. The summed E-state index contributed by atoms with van der Waals surface area (Å²) in [6, 6.07) is 3.69. The lowest BCUT2D eigenvalue weighted by molar-refractivity contribution is -0.389. The highest BCUT2D eigenvalue weighted by atomic mass is 16.6. The third-order valence-electron chi connectivity index (χ3n) is 3.38. The minimum absolute atomic E-state index is 0.114. The van der Waals surface area contributed by atoms with E-state index in [1.165, 1.54) is 31.6 Å². The summed E-state index contributed by atoms with van der Waals surface area (Å²) in [5.41, 5.74) is 0.837. The molecule has 0 saturated carbocycles. The molecule has 18 heavy (non-hydrogen) atoms. The minimum Gasteiger partial charge on any atom is -0.380 e. The van der Waals surface area contributed by atoms with Gasteiger partial charge in [-0.2, -0.15) is 0 Å². The predicted octanol–water partition coefficient (Wildman–Crippen LogP) is 1.89. The average molecular weight is 250 g/mol. The normalized spacial score (nSPS) is 19.9. The van der Waals surface area contributed by atoms with Gasteiger partial charge in [-0.15, -0.1) is 0 Å². The SMILES string of the molecule is CCN1CCC[C@@H]1CNc1ccc([N+](=O)[O-])nc1. The van der Waals surface area contributed by atoms with Crippen LogP contribution in [-0.4, -0.2) is 40.5 Å². The molecule has 1 atom stereocenters. The molecule has 6 nitrogen and oxygen atoms in total. The molecule has 1 aliphatic rings. The van der Waals surface area contributed by atoms with Crippen molar-refractivity contribution in [3.05, 3.63) is 28.4 Å². The number of hydrogen-bond acceptors (Lipinski definition) is 5. The highest BCUT2D eigenvalue weighted by Crippen LogP contribution is 2.18. The van der Waals surface area contributed by atoms with E-state index in [0.717, 1.165) is 18.8 Å². The van der Waals surface area contributed by atoms with Crippen molar-refractivity contribution >= 4 is 11.5 Å². The molecule has 1 N–H and O–H groups in total. The van der Waals surface area contributed by atoms with Gasteiger partial charge in [0.2, 0.25) is 0 Å². The van der Waals surface area contributed by atoms with Crippen LogP contribution in [0.2, 0.25) is 0 Å². The number of anilines is 1. The van der Waals surface area contributed by atoms with E-state index in [9.17, 15) is 10.1 Å². The number of nitrogens with one attached hydrogen (secondary N) is 1. The largest absolute Gasteiger partial charge is 0.380 e. The summed E-state index contributed by atoms with van der Waals surface area (Å²) in [4.78, 5) is 16.2. The van der Waals surface area contributed by atoms with Crippen LogP contribution in [0.1, 0.15) is 19.8 Å². The van der Waals surface area contributed by atoms with Crippen molar-refractivity contribution in [2.45, 2.75) is 25.8 Å². The molecule has 0 unspecified atom stereocenters. The molecule has 98 valence electrons. The van der Waals surface area contributed by atoms with E-state index in [2.05, 4.69) is 22.1 Å². The molecule has 6 heteroatoms. The van der Waals surface area contributed by atoms with Crippen LogP contribution in [0, 0.1) is 10.1 Å². The fourth-order valence-electron chi connectivity index (χ4n) is 2.38. The van der Waals surface area contributed by atoms with Gasteiger partial charge in [-0.1, -0.05) is 6.92 Å². The van der Waals surface area contributed by atoms with Gasteiger partial charge in [0.05, 0.1) is 5.69 Å². The van der Waals surface area contributed by atoms with E-state index >= 15 is 0 Å². The zero-order valence-electron chi connectivity index (χ0n) is 10.5. The van der Waals surface area contributed by atoms with Crippen molar-refractivity contribution in [1.82, 2.24) is 9.88 Å². The fourth-order valence-corrected chi connectivity index (χ4v) is 2.38. The van der Waals surface area contributed by atoms with Crippen molar-refractivity contribution in [3.8, 4) is 0 Å². The first-order valence-corrected chi connectivity index (χ1v) is 6.29. The zero-order valence-corrected chi connectivity index (χ0v) is 10.5. The molecular formula is C12H18N4O2. The summed E-state index contributed by atoms with van der Waals surface area (Å²) >= 11 is 0. The number of hydrogen-bond donors (Lipinski definition) is 1. The van der Waals surface area contributed by atoms with E-state index in [1.807, 2.05) is 0 Å². The topological polar surface area (TPSA) is 71.3 Å². The van der Waals surface area contributed by atoms with Gasteiger partial charge in [0.1, 0.15) is 0 Å². The Morgan fingerprint density at radius 3 is 3.06 bits per heavy atom. The second kappa shape index (κ2) is 5.77. The summed E-state index contributed by atoms with van der Waals surface area (Å²) in [6.45, 7) is 5.28. The smallest absolute Gasteiger partial charge is 0.363 e. The molecule has 0 aromatic carbocycles. The van der Waals surface area contributed by atoms with Gasteiger partial charge in [0.25, 0.3) is 0 Å². The maximum absolute atomic E-state index is 10.5. The Balaban J connectivity index is 1.88. The van der Waals surface area contributed by atoms with Gasteiger partial charge >= 0.3 is 5.82 Å². The van der Waals surface area contributed by atoms with E-state index in [4.69, 9.17) is 0 Å². The number of likely N-dealkylation sites (tertiary alicyclic amines) is 1. The van der Waals surface area contributed by atoms with E-state index < -0.39 is 4.92 Å². The molecule has 0 aliphatic carbocycles. The van der Waals surface area contributed by atoms with Gasteiger partial charge in [-0.3, -0.25) is 4.90 Å². The van der Waals surface area contributed by atoms with Crippen molar-refractivity contribution < 1.29 is 4.92 Å². The van der Waals surface area contributed by atoms with Crippen LogP contribution < -0.4 is 5.32 Å². The zero-order chi connectivity index (χ0) is 13.0. The molecule has 0 spiro atoms. The molecular weight excluding hydrogens is 232 g/mol. The lowest BCUT2D eigenvalue weighted by Gasteiger charge is -2.23. The molecule has 1 saturated heterocycles. The Labute approximate surface area is 106 Å². The number of aromatic nitrogens is 1. The van der Waals surface area contributed by atoms with Crippen LogP contribution in [0.25, 0.3) is 0 Å². The van der Waals surface area contributed by atoms with Crippen molar-refractivity contribution in [2.24, 2.45) is 0 Å². The number of rotatable bonds is 5. The lowest BCUT2D eigenvalue weighted by Crippen LogP contribution is -2.34. The van der Waals surface area contributed by atoms with Crippen LogP contribution >= 0.6 is 0 Å². The van der Waals surface area contributed by atoms with Crippen LogP contribution in [-0.2, 0) is 0 Å². The fraction of sp³-hybridized carbons (Fsp3) is 0.583. The molecule has 0 bridgehead atoms. The first-order chi connectivity index (χ1) is 8.70. The van der Waals surface area contributed by atoms with Gasteiger partial charge in [0, 0.05) is 18.7 Å². The van der Waals surface area contributed by atoms with Gasteiger partial charge in [-0.25, -0.2) is 0 Å². The van der Waals surface area contributed by atoms with Crippen molar-refractivity contribution in [3.63, 3.8) is 0 Å². The lowest BCUT2D eigenvalue weighted by atomic mass is 10.2. The molecule has 1 aromatic rings. The number of nitrogens with zero attached hydrogens (tertiary/aromatic N) is 3. The van der Waals surface area contributed by atoms with Crippen LogP contribution in [0.4, 0.5) is 11.5 Å². The molecule has 0 amide bonds. The second-order valence-electron chi connectivity index (χ2n) is 4.47. The van der Waals surface area contributed by atoms with E-state index in [1.54, 1.807) is 6.07 Å². The van der Waals surface area contributed by atoms with Crippen molar-refractivity contribution in [2.75, 3.05) is 25.0 Å². The molecule has 1 fully saturated rings. The highest BCUT2D eigenvalue weighted by Gasteiger charge is 2.22. The minimum atomic E-state index is -0.487. The Bertz CT molecular complexity index is 407. The Kier molecular flexibility index (Phi) is 4.09. The second-order valence-corrected chi connectivity index (χ2v) is 4.47. The van der Waals surface area contributed by atoms with Gasteiger partial charge in [0.15, 0.2) is 6.20 Å². The molecule has 1 aromatic heterocycles. The summed E-state index contributed by atoms with van der Waals surface area (Å²) in [5, 5.41) is 13.8. The Morgan fingerprint density at radius 1 is 1.61 bits per heavy atom. The average Bonchev–Trinajstić information content (AvgIpc) is 2.84. The Hall–Kier alpha value is -1.69. The Morgan fingerprint density at radius 2 is 2.44 bits per heavy atom. The third kappa shape index (κ3) is 2.95. The summed E-state index contributed by atoms with van der Waals surface area (Å²) in [6.07, 6.45) is 3.98. The number of likely N-dealkylation sites (N-methyl/N-ethyl adjacent to an activating group) is 1. The van der Waals surface area contributed by atoms with Gasteiger partial charge < -0.3 is 15.4 Å². The van der Waals surface area contributed by atoms with Crippen LogP contribution in [0.5, 0.6) is 0 Å². The van der Waals surface area contributed by atoms with E-state index in [0.29, 0.717) is 6.04 Å². The summed E-state index contributed by atoms with van der Waals surface area (Å²) < 4.78 is 0. The number of nitro groups is 1. The monoisotopic (exact) mass is 250 g/mol. The van der Waals surface area contributed by atoms with Gasteiger partial charge in [-0.05, 0) is 41.9 Å². The quantitative estimate of drug-likeness (QED) is 0.638. The molecule has 2 rings (SSSR count). The number of pyridine rings is 1. The van der Waals surface area contributed by atoms with Crippen LogP contribution in [0.3, 0.4) is 0 Å². The molecule has 0 radical (unpaired) electrons. The van der Waals surface area contributed by atoms with Crippen molar-refractivity contribution in [1.29, 1.82) is 0 Å². The maximum Gasteiger partial charge on any atom is 0.363 e. The first-order valence-electron chi connectivity index (χ1n) is 6.29. The summed E-state index contributed by atoms with van der Waals surface area (Å²) in [7, 11) is 0.